The number of rotatable bonds is 7. The molecule has 6 rings (SSSR count). The molecule has 0 unspecified atom stereocenters. The molecular weight excluding hydrogens is 480 g/mol. The number of hydrazone groups is 1. The molecule has 9 nitrogen and oxygen atoms in total. The van der Waals surface area contributed by atoms with E-state index in [2.05, 4.69) is 45.9 Å². The topological polar surface area (TPSA) is 94.7 Å². The molecule has 0 fully saturated rings. The lowest BCUT2D eigenvalue weighted by Gasteiger charge is -2.22. The van der Waals surface area contributed by atoms with Crippen LogP contribution in [-0.4, -0.2) is 50.6 Å². The molecule has 1 aliphatic heterocycles. The molecule has 1 atom stereocenters. The predicted molar refractivity (Wildman–Crippen MR) is 142 cm³/mol. The fourth-order valence-electron chi connectivity index (χ4n) is 4.56. The molecule has 38 heavy (non-hydrogen) atoms. The van der Waals surface area contributed by atoms with E-state index in [9.17, 15) is 4.79 Å². The average molecular weight is 505 g/mol. The van der Waals surface area contributed by atoms with Crippen molar-refractivity contribution in [3.63, 3.8) is 0 Å². The Labute approximate surface area is 218 Å². The van der Waals surface area contributed by atoms with Gasteiger partial charge in [0.1, 0.15) is 17.8 Å². The summed E-state index contributed by atoms with van der Waals surface area (Å²) in [6.45, 7) is -0.147. The predicted octanol–water partition coefficient (Wildman–Crippen LogP) is 4.58. The third-order valence-corrected chi connectivity index (χ3v) is 6.56. The number of fused-ring (bicyclic) bond motifs is 1. The fraction of sp³-hybridized carbons (Fsp3) is 0.138. The molecule has 0 bridgehead atoms. The van der Waals surface area contributed by atoms with Crippen LogP contribution in [0.2, 0.25) is 0 Å². The molecule has 4 aromatic carbocycles. The minimum Gasteiger partial charge on any atom is -0.497 e. The Balaban J connectivity index is 1.24. The molecule has 0 saturated carbocycles. The molecule has 0 N–H and O–H groups in total. The molecule has 188 valence electrons. The van der Waals surface area contributed by atoms with E-state index in [1.165, 1.54) is 6.33 Å². The maximum absolute atomic E-state index is 13.4. The van der Waals surface area contributed by atoms with Gasteiger partial charge in [0.2, 0.25) is 0 Å². The fourth-order valence-corrected chi connectivity index (χ4v) is 4.56. The summed E-state index contributed by atoms with van der Waals surface area (Å²) in [4.78, 5) is 13.4. The van der Waals surface area contributed by atoms with Crippen LogP contribution in [0, 0.1) is 0 Å². The number of benzene rings is 4. The van der Waals surface area contributed by atoms with E-state index in [1.807, 2.05) is 48.5 Å². The lowest BCUT2D eigenvalue weighted by molar-refractivity contribution is -0.135. The number of hydrogen-bond donors (Lipinski definition) is 0. The molecule has 0 saturated heterocycles. The van der Waals surface area contributed by atoms with Gasteiger partial charge < -0.3 is 9.47 Å². The van der Waals surface area contributed by atoms with Crippen LogP contribution >= 0.6 is 0 Å². The van der Waals surface area contributed by atoms with Crippen molar-refractivity contribution in [1.29, 1.82) is 0 Å². The van der Waals surface area contributed by atoms with Crippen LogP contribution in [0.3, 0.4) is 0 Å². The molecule has 9 heteroatoms. The molecule has 0 aliphatic carbocycles. The number of aromatic nitrogens is 4. The Kier molecular flexibility index (Phi) is 6.23. The minimum atomic E-state index is -0.249. The number of carbonyl (C=O) groups excluding carboxylic acids is 1. The highest BCUT2D eigenvalue weighted by Gasteiger charge is 2.33. The SMILES string of the molecule is COc1ccc([C@@H]2CC(c3ccc4ccccc4c3)=NN2C(=O)COc2ccc(-n3cnnn3)cc2)cc1. The quantitative estimate of drug-likeness (QED) is 0.322. The van der Waals surface area contributed by atoms with Crippen LogP contribution in [0.25, 0.3) is 16.5 Å². The van der Waals surface area contributed by atoms with Crippen LogP contribution < -0.4 is 9.47 Å². The van der Waals surface area contributed by atoms with E-state index in [0.717, 1.165) is 39.0 Å². The molecule has 0 radical (unpaired) electrons. The van der Waals surface area contributed by atoms with Gasteiger partial charge in [0.25, 0.3) is 5.91 Å². The zero-order chi connectivity index (χ0) is 25.9. The highest BCUT2D eigenvalue weighted by Crippen LogP contribution is 2.34. The number of amides is 1. The monoisotopic (exact) mass is 504 g/mol. The van der Waals surface area contributed by atoms with E-state index < -0.39 is 0 Å². The average Bonchev–Trinajstić information content (AvgIpc) is 3.67. The van der Waals surface area contributed by atoms with E-state index in [4.69, 9.17) is 14.6 Å². The zero-order valence-electron chi connectivity index (χ0n) is 20.6. The third-order valence-electron chi connectivity index (χ3n) is 6.56. The molecule has 1 aromatic heterocycles. The highest BCUT2D eigenvalue weighted by molar-refractivity contribution is 6.05. The van der Waals surface area contributed by atoms with Crippen molar-refractivity contribution in [3.8, 4) is 17.2 Å². The summed E-state index contributed by atoms with van der Waals surface area (Å²) in [5.74, 6) is 1.09. The van der Waals surface area contributed by atoms with Gasteiger partial charge in [-0.3, -0.25) is 4.79 Å². The first-order valence-corrected chi connectivity index (χ1v) is 12.2. The van der Waals surface area contributed by atoms with Crippen LogP contribution in [0.4, 0.5) is 0 Å². The van der Waals surface area contributed by atoms with Crippen LogP contribution in [0.1, 0.15) is 23.6 Å². The van der Waals surface area contributed by atoms with Gasteiger partial charge in [-0.2, -0.15) is 5.10 Å². The normalized spacial score (nSPS) is 14.9. The lowest BCUT2D eigenvalue weighted by atomic mass is 9.97. The Hall–Kier alpha value is -5.05. The summed E-state index contributed by atoms with van der Waals surface area (Å²) in [6, 6.07) is 29.2. The summed E-state index contributed by atoms with van der Waals surface area (Å²) in [6.07, 6.45) is 2.11. The first-order valence-electron chi connectivity index (χ1n) is 12.2. The summed E-state index contributed by atoms with van der Waals surface area (Å²) < 4.78 is 12.7. The second-order valence-corrected chi connectivity index (χ2v) is 8.88. The number of carbonyl (C=O) groups is 1. The summed E-state index contributed by atoms with van der Waals surface area (Å²) >= 11 is 0. The van der Waals surface area contributed by atoms with Crippen molar-refractivity contribution in [3.05, 3.63) is 108 Å². The first kappa shape index (κ1) is 23.4. The smallest absolute Gasteiger partial charge is 0.281 e. The second kappa shape index (κ2) is 10.1. The maximum Gasteiger partial charge on any atom is 0.281 e. The number of nitrogens with zero attached hydrogens (tertiary/aromatic N) is 6. The van der Waals surface area contributed by atoms with Gasteiger partial charge in [0.15, 0.2) is 6.61 Å². The van der Waals surface area contributed by atoms with Gasteiger partial charge in [-0.1, -0.05) is 48.5 Å². The number of hydrogen-bond acceptors (Lipinski definition) is 7. The number of methoxy groups -OCH3 is 1. The van der Waals surface area contributed by atoms with Crippen LogP contribution in [-0.2, 0) is 4.79 Å². The molecule has 0 spiro atoms. The Morgan fingerprint density at radius 1 is 0.921 bits per heavy atom. The van der Waals surface area contributed by atoms with Crippen molar-refractivity contribution in [1.82, 2.24) is 25.2 Å². The third kappa shape index (κ3) is 4.69. The molecule has 1 aliphatic rings. The summed E-state index contributed by atoms with van der Waals surface area (Å²) in [5, 5.41) is 19.8. The molecule has 1 amide bonds. The molecule has 5 aromatic rings. The van der Waals surface area contributed by atoms with Crippen molar-refractivity contribution < 1.29 is 14.3 Å². The van der Waals surface area contributed by atoms with Crippen LogP contribution in [0.5, 0.6) is 11.5 Å². The van der Waals surface area contributed by atoms with Gasteiger partial charge in [-0.15, -0.1) is 5.10 Å². The van der Waals surface area contributed by atoms with E-state index in [1.54, 1.807) is 28.9 Å². The molecule has 2 heterocycles. The number of ether oxygens (including phenoxy) is 2. The van der Waals surface area contributed by atoms with Gasteiger partial charge in [0, 0.05) is 6.42 Å². The van der Waals surface area contributed by atoms with Gasteiger partial charge >= 0.3 is 0 Å². The van der Waals surface area contributed by atoms with Crippen molar-refractivity contribution >= 4 is 22.4 Å². The van der Waals surface area contributed by atoms with Crippen molar-refractivity contribution in [2.45, 2.75) is 12.5 Å². The highest BCUT2D eigenvalue weighted by atomic mass is 16.5. The van der Waals surface area contributed by atoms with E-state index >= 15 is 0 Å². The van der Waals surface area contributed by atoms with Crippen molar-refractivity contribution in [2.24, 2.45) is 5.10 Å². The Morgan fingerprint density at radius 2 is 1.68 bits per heavy atom. The van der Waals surface area contributed by atoms with E-state index in [0.29, 0.717) is 12.2 Å². The number of tetrazole rings is 1. The first-order chi connectivity index (χ1) is 18.7. The lowest BCUT2D eigenvalue weighted by Crippen LogP contribution is -2.31. The Morgan fingerprint density at radius 3 is 2.42 bits per heavy atom. The van der Waals surface area contributed by atoms with Crippen LogP contribution in [0.15, 0.2) is 102 Å². The van der Waals surface area contributed by atoms with Gasteiger partial charge in [-0.25, -0.2) is 9.69 Å². The second-order valence-electron chi connectivity index (χ2n) is 8.88. The van der Waals surface area contributed by atoms with E-state index in [-0.39, 0.29) is 18.6 Å². The van der Waals surface area contributed by atoms with Gasteiger partial charge in [-0.05, 0) is 74.8 Å². The maximum atomic E-state index is 13.4. The Bertz CT molecular complexity index is 1600. The van der Waals surface area contributed by atoms with Gasteiger partial charge in [0.05, 0.1) is 24.6 Å². The summed E-state index contributed by atoms with van der Waals surface area (Å²) in [7, 11) is 1.63. The largest absolute Gasteiger partial charge is 0.497 e. The van der Waals surface area contributed by atoms with Crippen molar-refractivity contribution in [2.75, 3.05) is 13.7 Å². The standard InChI is InChI=1S/C29H24N6O3/c1-37-25-12-8-21(9-13-25)28-17-27(23-7-6-20-4-2-3-5-22(20)16-23)31-35(28)29(36)18-38-26-14-10-24(11-15-26)34-19-30-32-33-34/h2-16,19,28H,17-18H2,1H3/t28-/m0/s1. The molecular formula is C29H24N6O3. The zero-order valence-corrected chi connectivity index (χ0v) is 20.6. The minimum absolute atomic E-state index is 0.147. The summed E-state index contributed by atoms with van der Waals surface area (Å²) in [5.41, 5.74) is 3.62.